The predicted octanol–water partition coefficient (Wildman–Crippen LogP) is 3.02. The summed E-state index contributed by atoms with van der Waals surface area (Å²) in [7, 11) is 1.81. The van der Waals surface area contributed by atoms with Crippen molar-refractivity contribution < 1.29 is 4.74 Å². The van der Waals surface area contributed by atoms with Gasteiger partial charge in [-0.25, -0.2) is 0 Å². The SMILES string of the molecule is COCC1CCN(Cc2cc(CNC(C)C)sc2C)C1. The molecule has 2 heterocycles. The molecule has 20 heavy (non-hydrogen) atoms. The molecule has 1 saturated heterocycles. The van der Waals surface area contributed by atoms with Crippen molar-refractivity contribution in [3.8, 4) is 0 Å². The van der Waals surface area contributed by atoms with Crippen molar-refractivity contribution >= 4 is 11.3 Å². The summed E-state index contributed by atoms with van der Waals surface area (Å²) in [5, 5.41) is 3.50. The van der Waals surface area contributed by atoms with E-state index in [9.17, 15) is 0 Å². The van der Waals surface area contributed by atoms with Gasteiger partial charge < -0.3 is 10.1 Å². The fourth-order valence-electron chi connectivity index (χ4n) is 2.81. The molecular weight excluding hydrogens is 268 g/mol. The second-order valence-corrected chi connectivity index (χ2v) is 7.52. The van der Waals surface area contributed by atoms with Gasteiger partial charge in [0.2, 0.25) is 0 Å². The van der Waals surface area contributed by atoms with Gasteiger partial charge in [0.1, 0.15) is 0 Å². The summed E-state index contributed by atoms with van der Waals surface area (Å²) in [6, 6.07) is 2.94. The molecule has 1 aliphatic rings. The van der Waals surface area contributed by atoms with Crippen LogP contribution in [-0.4, -0.2) is 37.7 Å². The maximum atomic E-state index is 5.27. The summed E-state index contributed by atoms with van der Waals surface area (Å²) in [5.41, 5.74) is 1.51. The molecule has 1 aromatic heterocycles. The Kier molecular flexibility index (Phi) is 6.02. The van der Waals surface area contributed by atoms with Crippen molar-refractivity contribution in [2.24, 2.45) is 5.92 Å². The molecule has 114 valence electrons. The van der Waals surface area contributed by atoms with Crippen LogP contribution in [0.1, 0.15) is 35.6 Å². The lowest BCUT2D eigenvalue weighted by Gasteiger charge is -2.15. The van der Waals surface area contributed by atoms with E-state index in [1.165, 1.54) is 34.8 Å². The summed E-state index contributed by atoms with van der Waals surface area (Å²) in [5.74, 6) is 0.723. The molecule has 3 nitrogen and oxygen atoms in total. The Morgan fingerprint density at radius 3 is 3.00 bits per heavy atom. The number of aryl methyl sites for hydroxylation is 1. The van der Waals surface area contributed by atoms with E-state index >= 15 is 0 Å². The molecule has 0 radical (unpaired) electrons. The van der Waals surface area contributed by atoms with Gasteiger partial charge in [0.15, 0.2) is 0 Å². The lowest BCUT2D eigenvalue weighted by Crippen LogP contribution is -2.22. The molecule has 1 N–H and O–H groups in total. The van der Waals surface area contributed by atoms with Gasteiger partial charge in [-0.05, 0) is 37.4 Å². The van der Waals surface area contributed by atoms with Gasteiger partial charge in [0.25, 0.3) is 0 Å². The van der Waals surface area contributed by atoms with Gasteiger partial charge in [-0.2, -0.15) is 0 Å². The highest BCUT2D eigenvalue weighted by Crippen LogP contribution is 2.25. The maximum Gasteiger partial charge on any atom is 0.0503 e. The minimum atomic E-state index is 0.550. The molecule has 0 aromatic carbocycles. The van der Waals surface area contributed by atoms with Crippen molar-refractivity contribution in [2.45, 2.75) is 46.3 Å². The number of hydrogen-bond donors (Lipinski definition) is 1. The van der Waals surface area contributed by atoms with Crippen LogP contribution in [0, 0.1) is 12.8 Å². The van der Waals surface area contributed by atoms with Crippen molar-refractivity contribution in [1.29, 1.82) is 0 Å². The average Bonchev–Trinajstić information content (AvgIpc) is 2.96. The van der Waals surface area contributed by atoms with Crippen LogP contribution in [0.4, 0.5) is 0 Å². The third-order valence-corrected chi connectivity index (χ3v) is 5.02. The van der Waals surface area contributed by atoms with Gasteiger partial charge in [-0.3, -0.25) is 4.90 Å². The van der Waals surface area contributed by atoms with Gasteiger partial charge in [-0.1, -0.05) is 13.8 Å². The Morgan fingerprint density at radius 1 is 1.50 bits per heavy atom. The van der Waals surface area contributed by atoms with Crippen molar-refractivity contribution in [1.82, 2.24) is 10.2 Å². The molecule has 1 atom stereocenters. The largest absolute Gasteiger partial charge is 0.384 e. The van der Waals surface area contributed by atoms with Gasteiger partial charge in [-0.15, -0.1) is 11.3 Å². The quantitative estimate of drug-likeness (QED) is 0.837. The summed E-state index contributed by atoms with van der Waals surface area (Å²) in [6.45, 7) is 12.0. The fraction of sp³-hybridized carbons (Fsp3) is 0.750. The Hall–Kier alpha value is -0.420. The third-order valence-electron chi connectivity index (χ3n) is 3.92. The van der Waals surface area contributed by atoms with E-state index in [-0.39, 0.29) is 0 Å². The first-order valence-corrected chi connectivity index (χ1v) is 8.43. The Morgan fingerprint density at radius 2 is 2.30 bits per heavy atom. The zero-order chi connectivity index (χ0) is 14.5. The molecule has 0 aliphatic carbocycles. The van der Waals surface area contributed by atoms with Crippen LogP contribution >= 0.6 is 11.3 Å². The number of rotatable bonds is 7. The molecule has 1 unspecified atom stereocenters. The van der Waals surface area contributed by atoms with E-state index in [1.54, 1.807) is 7.11 Å². The molecule has 1 aromatic rings. The normalized spacial score (nSPS) is 20.1. The minimum absolute atomic E-state index is 0.550. The highest BCUT2D eigenvalue weighted by atomic mass is 32.1. The number of likely N-dealkylation sites (tertiary alicyclic amines) is 1. The number of nitrogens with one attached hydrogen (secondary N) is 1. The number of hydrogen-bond acceptors (Lipinski definition) is 4. The summed E-state index contributed by atoms with van der Waals surface area (Å²) < 4.78 is 5.27. The van der Waals surface area contributed by atoms with E-state index in [0.717, 1.165) is 25.6 Å². The van der Waals surface area contributed by atoms with Crippen LogP contribution in [0.3, 0.4) is 0 Å². The Balaban J connectivity index is 1.87. The topological polar surface area (TPSA) is 24.5 Å². The van der Waals surface area contributed by atoms with Crippen LogP contribution in [0.2, 0.25) is 0 Å². The zero-order valence-electron chi connectivity index (χ0n) is 13.2. The molecule has 0 bridgehead atoms. The number of methoxy groups -OCH3 is 1. The summed E-state index contributed by atoms with van der Waals surface area (Å²) in [6.07, 6.45) is 1.28. The lowest BCUT2D eigenvalue weighted by molar-refractivity contribution is 0.152. The van der Waals surface area contributed by atoms with E-state index in [2.05, 4.69) is 37.1 Å². The minimum Gasteiger partial charge on any atom is -0.384 e. The van der Waals surface area contributed by atoms with Crippen molar-refractivity contribution in [3.05, 3.63) is 21.4 Å². The first-order valence-electron chi connectivity index (χ1n) is 7.61. The molecule has 4 heteroatoms. The maximum absolute atomic E-state index is 5.27. The van der Waals surface area contributed by atoms with Gasteiger partial charge in [0.05, 0.1) is 6.61 Å². The first kappa shape index (κ1) is 16.0. The lowest BCUT2D eigenvalue weighted by atomic mass is 10.1. The van der Waals surface area contributed by atoms with Crippen molar-refractivity contribution in [2.75, 3.05) is 26.8 Å². The van der Waals surface area contributed by atoms with Gasteiger partial charge in [0, 0.05) is 42.5 Å². The second kappa shape index (κ2) is 7.55. The monoisotopic (exact) mass is 296 g/mol. The fourth-order valence-corrected chi connectivity index (χ4v) is 3.81. The van der Waals surface area contributed by atoms with Crippen LogP contribution in [-0.2, 0) is 17.8 Å². The molecule has 0 saturated carbocycles. The van der Waals surface area contributed by atoms with E-state index in [0.29, 0.717) is 6.04 Å². The van der Waals surface area contributed by atoms with Crippen LogP contribution in [0.15, 0.2) is 6.07 Å². The number of nitrogens with zero attached hydrogens (tertiary/aromatic N) is 1. The predicted molar refractivity (Wildman–Crippen MR) is 86.3 cm³/mol. The molecule has 0 amide bonds. The molecule has 1 fully saturated rings. The average molecular weight is 296 g/mol. The zero-order valence-corrected chi connectivity index (χ0v) is 14.1. The summed E-state index contributed by atoms with van der Waals surface area (Å²) in [4.78, 5) is 5.50. The molecular formula is C16H28N2OS. The Bertz CT molecular complexity index is 417. The van der Waals surface area contributed by atoms with E-state index in [4.69, 9.17) is 4.74 Å². The molecule has 0 spiro atoms. The highest BCUT2D eigenvalue weighted by molar-refractivity contribution is 7.12. The van der Waals surface area contributed by atoms with Gasteiger partial charge >= 0.3 is 0 Å². The van der Waals surface area contributed by atoms with Crippen molar-refractivity contribution in [3.63, 3.8) is 0 Å². The smallest absolute Gasteiger partial charge is 0.0503 e. The van der Waals surface area contributed by atoms with Crippen LogP contribution in [0.25, 0.3) is 0 Å². The third kappa shape index (κ3) is 4.55. The van der Waals surface area contributed by atoms with E-state index < -0.39 is 0 Å². The molecule has 2 rings (SSSR count). The van der Waals surface area contributed by atoms with Crippen LogP contribution < -0.4 is 5.32 Å². The number of ether oxygens (including phenoxy) is 1. The Labute approximate surface area is 127 Å². The number of thiophene rings is 1. The van der Waals surface area contributed by atoms with Crippen LogP contribution in [0.5, 0.6) is 0 Å². The first-order chi connectivity index (χ1) is 9.58. The van der Waals surface area contributed by atoms with E-state index in [1.807, 2.05) is 11.3 Å². The second-order valence-electron chi connectivity index (χ2n) is 6.17. The molecule has 1 aliphatic heterocycles. The summed E-state index contributed by atoms with van der Waals surface area (Å²) >= 11 is 1.94. The highest BCUT2D eigenvalue weighted by Gasteiger charge is 2.23. The standard InChI is InChI=1S/C16H28N2OS/c1-12(2)17-8-16-7-15(13(3)20-16)10-18-6-5-14(9-18)11-19-4/h7,12,14,17H,5-6,8-11H2,1-4H3.